The molecule has 1 spiro atoms. The van der Waals surface area contributed by atoms with Crippen LogP contribution in [0.25, 0.3) is 0 Å². The summed E-state index contributed by atoms with van der Waals surface area (Å²) in [5.41, 5.74) is 4.56. The molecular weight excluding hydrogens is 340 g/mol. The first kappa shape index (κ1) is 16.8. The van der Waals surface area contributed by atoms with Crippen LogP contribution in [0.3, 0.4) is 0 Å². The van der Waals surface area contributed by atoms with Gasteiger partial charge in [-0.2, -0.15) is 15.8 Å². The van der Waals surface area contributed by atoms with Gasteiger partial charge in [0.1, 0.15) is 11.5 Å². The van der Waals surface area contributed by atoms with Gasteiger partial charge in [-0.05, 0) is 24.3 Å². The van der Waals surface area contributed by atoms with Gasteiger partial charge in [0.05, 0.1) is 23.4 Å². The zero-order valence-corrected chi connectivity index (χ0v) is 14.7. The molecule has 0 saturated carbocycles. The first-order valence-electron chi connectivity index (χ1n) is 8.50. The minimum absolute atomic E-state index is 0.138. The van der Waals surface area contributed by atoms with Crippen LogP contribution in [0.4, 0.5) is 5.69 Å². The summed E-state index contributed by atoms with van der Waals surface area (Å²) in [5, 5.41) is 32.8. The number of nitrogens with zero attached hydrogens (tertiary/aromatic N) is 4. The lowest BCUT2D eigenvalue weighted by atomic mass is 9.48. The molecule has 4 rings (SSSR count). The topological polar surface area (TPSA) is 130 Å². The molecule has 1 aromatic carbocycles. The van der Waals surface area contributed by atoms with E-state index in [0.717, 1.165) is 0 Å². The molecule has 7 nitrogen and oxygen atoms in total. The lowest BCUT2D eigenvalue weighted by Gasteiger charge is -2.50. The maximum absolute atomic E-state index is 13.4. The molecule has 7 heteroatoms. The van der Waals surface area contributed by atoms with Gasteiger partial charge < -0.3 is 16.0 Å². The molecule has 3 aliphatic rings. The van der Waals surface area contributed by atoms with Crippen molar-refractivity contribution in [1.29, 1.82) is 15.8 Å². The molecule has 0 unspecified atom stereocenters. The number of carbonyl (C=O) groups excluding carboxylic acids is 1. The van der Waals surface area contributed by atoms with Crippen LogP contribution in [0.2, 0.25) is 0 Å². The summed E-state index contributed by atoms with van der Waals surface area (Å²) in [5.74, 6) is -0.973. The number of nitrogens with one attached hydrogen (secondary N) is 1. The Morgan fingerprint density at radius 2 is 1.96 bits per heavy atom. The van der Waals surface area contributed by atoms with Gasteiger partial charge in [0.25, 0.3) is 0 Å². The van der Waals surface area contributed by atoms with Crippen LogP contribution in [0.5, 0.6) is 0 Å². The number of nitriles is 3. The van der Waals surface area contributed by atoms with Crippen molar-refractivity contribution >= 4 is 11.6 Å². The number of anilines is 1. The molecule has 1 aliphatic carbocycles. The fraction of sp³-hybridized carbons (Fsp3) is 0.300. The summed E-state index contributed by atoms with van der Waals surface area (Å²) in [7, 11) is 1.90. The van der Waals surface area contributed by atoms with Gasteiger partial charge in [0, 0.05) is 24.7 Å². The standard InChI is InChI=1S/C20H16N6O/c1-26-7-6-12-13(8-21)17(24)19(10-22,11-23)20(15(12)9-26)14-4-2-3-5-16(14)25-18(20)27/h2-6,15H,7,9,24H2,1H3,(H,25,27)/t15-,20+/m0/s1. The van der Waals surface area contributed by atoms with Crippen LogP contribution < -0.4 is 11.1 Å². The van der Waals surface area contributed by atoms with Crippen molar-refractivity contribution < 1.29 is 4.79 Å². The fourth-order valence-electron chi connectivity index (χ4n) is 4.79. The van der Waals surface area contributed by atoms with Crippen LogP contribution in [-0.4, -0.2) is 30.9 Å². The molecule has 1 amide bonds. The Hall–Kier alpha value is -3.60. The number of hydrogen-bond donors (Lipinski definition) is 2. The molecule has 0 bridgehead atoms. The lowest BCUT2D eigenvalue weighted by Crippen LogP contribution is -2.62. The number of para-hydroxylation sites is 1. The van der Waals surface area contributed by atoms with Crippen molar-refractivity contribution in [3.63, 3.8) is 0 Å². The Morgan fingerprint density at radius 3 is 2.63 bits per heavy atom. The van der Waals surface area contributed by atoms with E-state index in [9.17, 15) is 20.6 Å². The van der Waals surface area contributed by atoms with E-state index < -0.39 is 22.7 Å². The highest BCUT2D eigenvalue weighted by atomic mass is 16.2. The third-order valence-electron chi connectivity index (χ3n) is 5.97. The fourth-order valence-corrected chi connectivity index (χ4v) is 4.79. The Kier molecular flexibility index (Phi) is 3.40. The maximum atomic E-state index is 13.4. The van der Waals surface area contributed by atoms with Gasteiger partial charge in [-0.3, -0.25) is 4.79 Å². The van der Waals surface area contributed by atoms with Crippen LogP contribution in [0.1, 0.15) is 5.56 Å². The van der Waals surface area contributed by atoms with Gasteiger partial charge in [-0.15, -0.1) is 0 Å². The van der Waals surface area contributed by atoms with E-state index in [-0.39, 0.29) is 11.3 Å². The first-order chi connectivity index (χ1) is 13.0. The van der Waals surface area contributed by atoms with E-state index in [0.29, 0.717) is 29.9 Å². The Balaban J connectivity index is 2.20. The number of benzene rings is 1. The molecule has 0 fully saturated rings. The highest BCUT2D eigenvalue weighted by Crippen LogP contribution is 2.61. The number of fused-ring (bicyclic) bond motifs is 4. The van der Waals surface area contributed by atoms with Gasteiger partial charge in [0.15, 0.2) is 0 Å². The molecule has 1 aromatic rings. The van der Waals surface area contributed by atoms with Crippen molar-refractivity contribution in [2.45, 2.75) is 5.41 Å². The predicted octanol–water partition coefficient (Wildman–Crippen LogP) is 1.15. The van der Waals surface area contributed by atoms with E-state index in [4.69, 9.17) is 5.73 Å². The van der Waals surface area contributed by atoms with Gasteiger partial charge in [-0.25, -0.2) is 0 Å². The summed E-state index contributed by atoms with van der Waals surface area (Å²) >= 11 is 0. The molecule has 2 aliphatic heterocycles. The molecule has 3 N–H and O–H groups in total. The minimum atomic E-state index is -1.98. The summed E-state index contributed by atoms with van der Waals surface area (Å²) in [6.07, 6.45) is 1.87. The monoisotopic (exact) mass is 356 g/mol. The molecule has 0 saturated heterocycles. The second-order valence-corrected chi connectivity index (χ2v) is 7.12. The Morgan fingerprint density at radius 1 is 1.26 bits per heavy atom. The third kappa shape index (κ3) is 1.73. The summed E-state index contributed by atoms with van der Waals surface area (Å²) in [6.45, 7) is 1.02. The van der Waals surface area contributed by atoms with Crippen molar-refractivity contribution in [2.24, 2.45) is 17.1 Å². The molecular formula is C20H16N6O. The molecule has 0 aromatic heterocycles. The summed E-state index contributed by atoms with van der Waals surface area (Å²) in [6, 6.07) is 13.2. The van der Waals surface area contributed by atoms with Crippen molar-refractivity contribution in [1.82, 2.24) is 4.90 Å². The Bertz CT molecular complexity index is 1050. The smallest absolute Gasteiger partial charge is 0.238 e. The average Bonchev–Trinajstić information content (AvgIpc) is 2.97. The number of rotatable bonds is 0. The Labute approximate surface area is 156 Å². The van der Waals surface area contributed by atoms with Gasteiger partial charge in [-0.1, -0.05) is 24.3 Å². The van der Waals surface area contributed by atoms with Crippen molar-refractivity contribution in [3.05, 3.63) is 52.7 Å². The van der Waals surface area contributed by atoms with Crippen molar-refractivity contribution in [3.8, 4) is 18.2 Å². The van der Waals surface area contributed by atoms with E-state index in [1.165, 1.54) is 0 Å². The van der Waals surface area contributed by atoms with Crippen molar-refractivity contribution in [2.75, 3.05) is 25.5 Å². The van der Waals surface area contributed by atoms with Crippen LogP contribution in [0, 0.1) is 45.3 Å². The van der Waals surface area contributed by atoms with E-state index in [1.807, 2.05) is 30.2 Å². The molecule has 132 valence electrons. The normalized spacial score (nSPS) is 28.3. The third-order valence-corrected chi connectivity index (χ3v) is 5.97. The second kappa shape index (κ2) is 5.45. The maximum Gasteiger partial charge on any atom is 0.238 e. The highest BCUT2D eigenvalue weighted by Gasteiger charge is 2.71. The lowest BCUT2D eigenvalue weighted by molar-refractivity contribution is -0.125. The predicted molar refractivity (Wildman–Crippen MR) is 96.3 cm³/mol. The van der Waals surface area contributed by atoms with E-state index in [1.54, 1.807) is 24.3 Å². The van der Waals surface area contributed by atoms with E-state index in [2.05, 4.69) is 11.4 Å². The summed E-state index contributed by atoms with van der Waals surface area (Å²) in [4.78, 5) is 15.4. The van der Waals surface area contributed by atoms with Crippen LogP contribution in [0.15, 0.2) is 47.2 Å². The second-order valence-electron chi connectivity index (χ2n) is 7.12. The molecule has 0 radical (unpaired) electrons. The number of carbonyl (C=O) groups is 1. The SMILES string of the molecule is CN1CC=C2C(C#N)=C(N)C(C#N)(C#N)[C@@]3(C(=O)Nc4ccccc43)[C@H]2C1. The molecule has 2 heterocycles. The zero-order chi connectivity index (χ0) is 19.4. The average molecular weight is 356 g/mol. The van der Waals surface area contributed by atoms with E-state index >= 15 is 0 Å². The first-order valence-corrected chi connectivity index (χ1v) is 8.50. The number of hydrogen-bond acceptors (Lipinski definition) is 6. The van der Waals surface area contributed by atoms with Gasteiger partial charge >= 0.3 is 0 Å². The molecule has 27 heavy (non-hydrogen) atoms. The number of allylic oxidation sites excluding steroid dienone is 2. The minimum Gasteiger partial charge on any atom is -0.399 e. The highest BCUT2D eigenvalue weighted by molar-refractivity contribution is 6.09. The molecule has 2 atom stereocenters. The van der Waals surface area contributed by atoms with Crippen LogP contribution >= 0.6 is 0 Å². The number of nitrogens with two attached hydrogens (primary N) is 1. The summed E-state index contributed by atoms with van der Waals surface area (Å²) < 4.78 is 0. The number of amides is 1. The quantitative estimate of drug-likeness (QED) is 0.717. The number of likely N-dealkylation sites (N-methyl/N-ethyl adjacent to an activating group) is 1. The zero-order valence-electron chi connectivity index (χ0n) is 14.7. The largest absolute Gasteiger partial charge is 0.399 e. The van der Waals surface area contributed by atoms with Gasteiger partial charge in [0.2, 0.25) is 11.3 Å². The van der Waals surface area contributed by atoms with Crippen LogP contribution in [-0.2, 0) is 10.2 Å².